The smallest absolute Gasteiger partial charge is 0.259 e. The number of aliphatic imine (C=N–C) groups is 1. The summed E-state index contributed by atoms with van der Waals surface area (Å²) < 4.78 is 11.3. The number of anilines is 2. The molecule has 0 unspecified atom stereocenters. The molecule has 0 saturated heterocycles. The monoisotopic (exact) mass is 405 g/mol. The highest BCUT2D eigenvalue weighted by Gasteiger charge is 2.29. The van der Waals surface area contributed by atoms with E-state index in [0.717, 1.165) is 45.8 Å². The molecule has 7 heteroatoms. The van der Waals surface area contributed by atoms with Crippen LogP contribution in [-0.2, 0) is 6.61 Å². The fourth-order valence-corrected chi connectivity index (χ4v) is 4.51. The Morgan fingerprint density at radius 2 is 2.17 bits per heavy atom. The number of aryl methyl sites for hydroxylation is 1. The zero-order valence-corrected chi connectivity index (χ0v) is 16.7. The molecule has 5 rings (SSSR count). The van der Waals surface area contributed by atoms with E-state index in [1.807, 2.05) is 49.4 Å². The zero-order chi connectivity index (χ0) is 19.8. The van der Waals surface area contributed by atoms with E-state index in [2.05, 4.69) is 15.2 Å². The van der Waals surface area contributed by atoms with Crippen molar-refractivity contribution in [1.29, 1.82) is 0 Å². The lowest BCUT2D eigenvalue weighted by atomic mass is 10.2. The van der Waals surface area contributed by atoms with E-state index in [1.165, 1.54) is 6.26 Å². The highest BCUT2D eigenvalue weighted by molar-refractivity contribution is 8.14. The standard InChI is InChI=1S/C22H19N3O3S/c1-14-4-2-3-5-18(14)28-13-19-16(8-11-27-19)21(26)24-15-6-7-20-17(12-15)25-10-9-23-22(25)29-20/h2-8,11-12H,9-10,13H2,1H3,(H,24,26). The van der Waals surface area contributed by atoms with Gasteiger partial charge in [0.1, 0.15) is 12.4 Å². The number of hydrogen-bond donors (Lipinski definition) is 1. The van der Waals surface area contributed by atoms with E-state index >= 15 is 0 Å². The Hall–Kier alpha value is -3.19. The van der Waals surface area contributed by atoms with Crippen LogP contribution in [0.4, 0.5) is 11.4 Å². The number of carbonyl (C=O) groups excluding carboxylic acids is 1. The number of hydrogen-bond acceptors (Lipinski definition) is 6. The summed E-state index contributed by atoms with van der Waals surface area (Å²) in [6.45, 7) is 3.87. The number of thioether (sulfide) groups is 1. The van der Waals surface area contributed by atoms with Gasteiger partial charge in [-0.05, 0) is 54.6 Å². The van der Waals surface area contributed by atoms with Gasteiger partial charge in [0.15, 0.2) is 10.9 Å². The molecule has 1 N–H and O–H groups in total. The molecule has 0 aliphatic carbocycles. The van der Waals surface area contributed by atoms with Crippen LogP contribution in [0.1, 0.15) is 21.7 Å². The maximum atomic E-state index is 12.8. The van der Waals surface area contributed by atoms with Gasteiger partial charge in [-0.3, -0.25) is 9.79 Å². The minimum atomic E-state index is -0.219. The van der Waals surface area contributed by atoms with Crippen molar-refractivity contribution in [2.45, 2.75) is 18.4 Å². The quantitative estimate of drug-likeness (QED) is 0.666. The summed E-state index contributed by atoms with van der Waals surface area (Å²) in [5.41, 5.74) is 3.34. The summed E-state index contributed by atoms with van der Waals surface area (Å²) in [5.74, 6) is 1.05. The average Bonchev–Trinajstić information content (AvgIpc) is 3.43. The lowest BCUT2D eigenvalue weighted by Crippen LogP contribution is -2.21. The molecule has 1 amide bonds. The van der Waals surface area contributed by atoms with E-state index in [9.17, 15) is 4.79 Å². The molecule has 0 radical (unpaired) electrons. The third kappa shape index (κ3) is 3.38. The number of carbonyl (C=O) groups is 1. The molecular weight excluding hydrogens is 386 g/mol. The molecular formula is C22H19N3O3S. The molecule has 2 aromatic carbocycles. The van der Waals surface area contributed by atoms with Crippen molar-refractivity contribution < 1.29 is 13.9 Å². The van der Waals surface area contributed by atoms with Gasteiger partial charge in [0.2, 0.25) is 0 Å². The first-order valence-corrected chi connectivity index (χ1v) is 10.2. The summed E-state index contributed by atoms with van der Waals surface area (Å²) in [7, 11) is 0. The molecule has 2 aliphatic rings. The summed E-state index contributed by atoms with van der Waals surface area (Å²) in [6.07, 6.45) is 1.51. The number of benzene rings is 2. The summed E-state index contributed by atoms with van der Waals surface area (Å²) in [5, 5.41) is 4.01. The number of nitrogens with one attached hydrogen (secondary N) is 1. The van der Waals surface area contributed by atoms with Crippen molar-refractivity contribution >= 4 is 34.2 Å². The molecule has 6 nitrogen and oxygen atoms in total. The van der Waals surface area contributed by atoms with Crippen LogP contribution in [0, 0.1) is 6.92 Å². The number of fused-ring (bicyclic) bond motifs is 3. The molecule has 29 heavy (non-hydrogen) atoms. The number of amides is 1. The van der Waals surface area contributed by atoms with Crippen LogP contribution in [0.15, 0.2) is 69.1 Å². The number of nitrogens with zero attached hydrogens (tertiary/aromatic N) is 2. The highest BCUT2D eigenvalue weighted by atomic mass is 32.2. The van der Waals surface area contributed by atoms with E-state index in [4.69, 9.17) is 9.15 Å². The minimum absolute atomic E-state index is 0.190. The maximum absolute atomic E-state index is 12.8. The minimum Gasteiger partial charge on any atom is -0.485 e. The van der Waals surface area contributed by atoms with Gasteiger partial charge >= 0.3 is 0 Å². The van der Waals surface area contributed by atoms with Crippen LogP contribution in [0.2, 0.25) is 0 Å². The van der Waals surface area contributed by atoms with Gasteiger partial charge in [-0.2, -0.15) is 0 Å². The Morgan fingerprint density at radius 3 is 3.07 bits per heavy atom. The topological polar surface area (TPSA) is 67.1 Å². The molecule has 0 saturated carbocycles. The Morgan fingerprint density at radius 1 is 1.28 bits per heavy atom. The Labute approximate surface area is 172 Å². The summed E-state index contributed by atoms with van der Waals surface area (Å²) in [4.78, 5) is 20.7. The molecule has 0 bridgehead atoms. The number of amidine groups is 1. The van der Waals surface area contributed by atoms with Gasteiger partial charge in [0, 0.05) is 17.1 Å². The van der Waals surface area contributed by atoms with E-state index in [-0.39, 0.29) is 12.5 Å². The van der Waals surface area contributed by atoms with Gasteiger partial charge in [-0.1, -0.05) is 18.2 Å². The van der Waals surface area contributed by atoms with E-state index in [1.54, 1.807) is 17.8 Å². The number of para-hydroxylation sites is 1. The molecule has 3 heterocycles. The van der Waals surface area contributed by atoms with Crippen molar-refractivity contribution in [1.82, 2.24) is 0 Å². The van der Waals surface area contributed by atoms with Crippen LogP contribution in [0.3, 0.4) is 0 Å². The second-order valence-electron chi connectivity index (χ2n) is 6.87. The zero-order valence-electron chi connectivity index (χ0n) is 15.8. The second kappa shape index (κ2) is 7.33. The molecule has 146 valence electrons. The van der Waals surface area contributed by atoms with Crippen LogP contribution >= 0.6 is 11.8 Å². The third-order valence-electron chi connectivity index (χ3n) is 4.95. The number of rotatable bonds is 5. The van der Waals surface area contributed by atoms with Gasteiger partial charge in [0.25, 0.3) is 5.91 Å². The first-order valence-electron chi connectivity index (χ1n) is 9.39. The van der Waals surface area contributed by atoms with Crippen molar-refractivity contribution in [3.63, 3.8) is 0 Å². The molecule has 3 aromatic rings. The van der Waals surface area contributed by atoms with Gasteiger partial charge in [-0.25, -0.2) is 0 Å². The highest BCUT2D eigenvalue weighted by Crippen LogP contribution is 2.43. The van der Waals surface area contributed by atoms with Crippen molar-refractivity contribution in [2.24, 2.45) is 4.99 Å². The van der Waals surface area contributed by atoms with E-state index in [0.29, 0.717) is 11.3 Å². The fourth-order valence-electron chi connectivity index (χ4n) is 3.44. The Kier molecular flexibility index (Phi) is 4.52. The third-order valence-corrected chi connectivity index (χ3v) is 6.05. The first-order chi connectivity index (χ1) is 14.2. The lowest BCUT2D eigenvalue weighted by Gasteiger charge is -2.14. The van der Waals surface area contributed by atoms with Crippen LogP contribution in [-0.4, -0.2) is 24.2 Å². The molecule has 0 spiro atoms. The summed E-state index contributed by atoms with van der Waals surface area (Å²) in [6, 6.07) is 15.4. The predicted molar refractivity (Wildman–Crippen MR) is 114 cm³/mol. The molecule has 0 atom stereocenters. The van der Waals surface area contributed by atoms with E-state index < -0.39 is 0 Å². The summed E-state index contributed by atoms with van der Waals surface area (Å²) >= 11 is 1.67. The number of ether oxygens (including phenoxy) is 1. The van der Waals surface area contributed by atoms with Crippen molar-refractivity contribution in [3.05, 3.63) is 71.7 Å². The second-order valence-corrected chi connectivity index (χ2v) is 7.88. The van der Waals surface area contributed by atoms with Crippen LogP contribution in [0.5, 0.6) is 5.75 Å². The molecule has 0 fully saturated rings. The first kappa shape index (κ1) is 17.9. The SMILES string of the molecule is Cc1ccccc1OCc1occc1C(=O)Nc1ccc2c(c1)N1CCN=C1S2. The van der Waals surface area contributed by atoms with Gasteiger partial charge < -0.3 is 19.4 Å². The lowest BCUT2D eigenvalue weighted by molar-refractivity contribution is 0.102. The van der Waals surface area contributed by atoms with Gasteiger partial charge in [-0.15, -0.1) is 0 Å². The number of furan rings is 1. The normalized spacial score (nSPS) is 14.4. The average molecular weight is 405 g/mol. The van der Waals surface area contributed by atoms with Crippen molar-refractivity contribution in [2.75, 3.05) is 23.3 Å². The molecule has 2 aliphatic heterocycles. The fraction of sp³-hybridized carbons (Fsp3) is 0.182. The Balaban J connectivity index is 1.30. The largest absolute Gasteiger partial charge is 0.485 e. The predicted octanol–water partition coefficient (Wildman–Crippen LogP) is 4.70. The Bertz CT molecular complexity index is 1120. The molecule has 1 aromatic heterocycles. The maximum Gasteiger partial charge on any atom is 0.259 e. The van der Waals surface area contributed by atoms with Crippen LogP contribution < -0.4 is 15.0 Å². The van der Waals surface area contributed by atoms with Crippen molar-refractivity contribution in [3.8, 4) is 5.75 Å². The van der Waals surface area contributed by atoms with Gasteiger partial charge in [0.05, 0.1) is 24.1 Å². The van der Waals surface area contributed by atoms with Crippen LogP contribution in [0.25, 0.3) is 0 Å².